The van der Waals surface area contributed by atoms with Gasteiger partial charge >= 0.3 is 0 Å². The molecule has 0 N–H and O–H groups in total. The summed E-state index contributed by atoms with van der Waals surface area (Å²) >= 11 is 0. The first-order valence-corrected chi connectivity index (χ1v) is 4.22. The van der Waals surface area contributed by atoms with Crippen molar-refractivity contribution < 1.29 is 0 Å². The highest BCUT2D eigenvalue weighted by Gasteiger charge is 1.94. The molecule has 0 saturated heterocycles. The molecule has 1 aromatic rings. The summed E-state index contributed by atoms with van der Waals surface area (Å²) in [6, 6.07) is 5.86. The lowest BCUT2D eigenvalue weighted by atomic mass is 10.1. The quantitative estimate of drug-likeness (QED) is 0.680. The Morgan fingerprint density at radius 2 is 2.42 bits per heavy atom. The maximum Gasteiger partial charge on any atom is 0.140 e. The average Bonchev–Trinajstić information content (AvgIpc) is 2.15. The monoisotopic (exact) mass is 160 g/mol. The van der Waals surface area contributed by atoms with Gasteiger partial charge in [0.05, 0.1) is 0 Å². The molecular formula is C10H12N2. The highest BCUT2D eigenvalue weighted by Crippen LogP contribution is 2.05. The van der Waals surface area contributed by atoms with E-state index in [0.717, 1.165) is 6.42 Å². The zero-order chi connectivity index (χ0) is 8.81. The van der Waals surface area contributed by atoms with Crippen molar-refractivity contribution in [3.8, 4) is 6.07 Å². The molecule has 0 aliphatic carbocycles. The van der Waals surface area contributed by atoms with E-state index in [1.165, 1.54) is 18.4 Å². The van der Waals surface area contributed by atoms with E-state index < -0.39 is 0 Å². The van der Waals surface area contributed by atoms with Crippen LogP contribution in [0.4, 0.5) is 0 Å². The van der Waals surface area contributed by atoms with Crippen LogP contribution in [-0.2, 0) is 6.42 Å². The van der Waals surface area contributed by atoms with Crippen molar-refractivity contribution in [3.05, 3.63) is 29.6 Å². The van der Waals surface area contributed by atoms with Crippen LogP contribution in [0.2, 0.25) is 0 Å². The minimum Gasteiger partial charge on any atom is -0.246 e. The van der Waals surface area contributed by atoms with Gasteiger partial charge in [0.2, 0.25) is 0 Å². The summed E-state index contributed by atoms with van der Waals surface area (Å²) in [5.74, 6) is 0. The number of hydrogen-bond acceptors (Lipinski definition) is 2. The summed E-state index contributed by atoms with van der Waals surface area (Å²) in [5.41, 5.74) is 1.73. The van der Waals surface area contributed by atoms with E-state index in [9.17, 15) is 0 Å². The molecule has 0 radical (unpaired) electrons. The molecule has 0 aromatic carbocycles. The number of nitrogens with zero attached hydrogens (tertiary/aromatic N) is 2. The van der Waals surface area contributed by atoms with Gasteiger partial charge in [0.1, 0.15) is 11.8 Å². The SMILES string of the molecule is CCCCc1ccnc(C#N)c1. The van der Waals surface area contributed by atoms with E-state index in [-0.39, 0.29) is 0 Å². The molecule has 1 heterocycles. The molecule has 0 unspecified atom stereocenters. The summed E-state index contributed by atoms with van der Waals surface area (Å²) < 4.78 is 0. The van der Waals surface area contributed by atoms with Crippen LogP contribution < -0.4 is 0 Å². The van der Waals surface area contributed by atoms with Gasteiger partial charge in [-0.3, -0.25) is 0 Å². The molecular weight excluding hydrogens is 148 g/mol. The van der Waals surface area contributed by atoms with Crippen molar-refractivity contribution in [2.75, 3.05) is 0 Å². The number of pyridine rings is 1. The molecule has 0 aliphatic heterocycles. The second-order valence-corrected chi connectivity index (χ2v) is 2.76. The number of aromatic nitrogens is 1. The Bertz CT molecular complexity index is 286. The maximum atomic E-state index is 8.57. The highest BCUT2D eigenvalue weighted by atomic mass is 14.7. The molecule has 1 rings (SSSR count). The van der Waals surface area contributed by atoms with Gasteiger partial charge in [0, 0.05) is 6.20 Å². The molecule has 0 atom stereocenters. The molecule has 0 aliphatic rings. The Morgan fingerprint density at radius 3 is 3.08 bits per heavy atom. The van der Waals surface area contributed by atoms with Crippen LogP contribution in [0.5, 0.6) is 0 Å². The molecule has 12 heavy (non-hydrogen) atoms. The Morgan fingerprint density at radius 1 is 1.58 bits per heavy atom. The molecule has 0 fully saturated rings. The fraction of sp³-hybridized carbons (Fsp3) is 0.400. The molecule has 2 heteroatoms. The highest BCUT2D eigenvalue weighted by molar-refractivity contribution is 5.25. The van der Waals surface area contributed by atoms with Gasteiger partial charge in [0.15, 0.2) is 0 Å². The maximum absolute atomic E-state index is 8.57. The first kappa shape index (κ1) is 8.73. The van der Waals surface area contributed by atoms with E-state index in [0.29, 0.717) is 5.69 Å². The van der Waals surface area contributed by atoms with Crippen LogP contribution in [-0.4, -0.2) is 4.98 Å². The van der Waals surface area contributed by atoms with Crippen molar-refractivity contribution in [2.24, 2.45) is 0 Å². The van der Waals surface area contributed by atoms with Crippen LogP contribution in [0.15, 0.2) is 18.3 Å². The molecule has 1 aromatic heterocycles. The summed E-state index contributed by atoms with van der Waals surface area (Å²) in [7, 11) is 0. The van der Waals surface area contributed by atoms with Crippen LogP contribution in [0.1, 0.15) is 31.0 Å². The van der Waals surface area contributed by atoms with Gasteiger partial charge in [-0.1, -0.05) is 13.3 Å². The lowest BCUT2D eigenvalue weighted by molar-refractivity contribution is 0.793. The fourth-order valence-electron chi connectivity index (χ4n) is 1.07. The Hall–Kier alpha value is -1.36. The topological polar surface area (TPSA) is 36.7 Å². The van der Waals surface area contributed by atoms with Crippen LogP contribution >= 0.6 is 0 Å². The fourth-order valence-corrected chi connectivity index (χ4v) is 1.07. The summed E-state index contributed by atoms with van der Waals surface area (Å²) in [6.45, 7) is 2.16. The molecule has 0 bridgehead atoms. The number of unbranched alkanes of at least 4 members (excludes halogenated alkanes) is 1. The third kappa shape index (κ3) is 2.35. The number of rotatable bonds is 3. The average molecular weight is 160 g/mol. The standard InChI is InChI=1S/C10H12N2/c1-2-3-4-9-5-6-12-10(7-9)8-11/h5-7H,2-4H2,1H3. The van der Waals surface area contributed by atoms with Crippen LogP contribution in [0, 0.1) is 11.3 Å². The Kier molecular flexibility index (Phi) is 3.28. The molecule has 0 amide bonds. The third-order valence-corrected chi connectivity index (χ3v) is 1.76. The van der Waals surface area contributed by atoms with Crippen LogP contribution in [0.3, 0.4) is 0 Å². The minimum absolute atomic E-state index is 0.517. The molecule has 2 nitrogen and oxygen atoms in total. The molecule has 0 spiro atoms. The van der Waals surface area contributed by atoms with E-state index in [2.05, 4.69) is 11.9 Å². The van der Waals surface area contributed by atoms with Gasteiger partial charge in [-0.05, 0) is 30.5 Å². The van der Waals surface area contributed by atoms with E-state index in [1.54, 1.807) is 6.20 Å². The normalized spacial score (nSPS) is 9.33. The van der Waals surface area contributed by atoms with Crippen molar-refractivity contribution in [3.63, 3.8) is 0 Å². The van der Waals surface area contributed by atoms with Crippen molar-refractivity contribution in [2.45, 2.75) is 26.2 Å². The van der Waals surface area contributed by atoms with E-state index in [4.69, 9.17) is 5.26 Å². The van der Waals surface area contributed by atoms with Gasteiger partial charge in [-0.2, -0.15) is 5.26 Å². The number of aryl methyl sites for hydroxylation is 1. The van der Waals surface area contributed by atoms with Crippen LogP contribution in [0.25, 0.3) is 0 Å². The van der Waals surface area contributed by atoms with Gasteiger partial charge in [0.25, 0.3) is 0 Å². The first-order valence-electron chi connectivity index (χ1n) is 4.22. The summed E-state index contributed by atoms with van der Waals surface area (Å²) in [6.07, 6.45) is 5.11. The first-order chi connectivity index (χ1) is 5.86. The molecule has 62 valence electrons. The zero-order valence-electron chi connectivity index (χ0n) is 7.25. The van der Waals surface area contributed by atoms with E-state index in [1.807, 2.05) is 18.2 Å². The van der Waals surface area contributed by atoms with Crippen molar-refractivity contribution in [1.82, 2.24) is 4.98 Å². The number of hydrogen-bond donors (Lipinski definition) is 0. The Labute approximate surface area is 72.9 Å². The zero-order valence-corrected chi connectivity index (χ0v) is 7.25. The summed E-state index contributed by atoms with van der Waals surface area (Å²) in [4.78, 5) is 3.90. The predicted molar refractivity (Wildman–Crippen MR) is 47.6 cm³/mol. The second kappa shape index (κ2) is 4.50. The lowest BCUT2D eigenvalue weighted by Crippen LogP contribution is -1.88. The molecule has 0 saturated carbocycles. The Balaban J connectivity index is 2.68. The minimum atomic E-state index is 0.517. The van der Waals surface area contributed by atoms with Crippen molar-refractivity contribution >= 4 is 0 Å². The second-order valence-electron chi connectivity index (χ2n) is 2.76. The lowest BCUT2D eigenvalue weighted by Gasteiger charge is -1.98. The third-order valence-electron chi connectivity index (χ3n) is 1.76. The van der Waals surface area contributed by atoms with Gasteiger partial charge < -0.3 is 0 Å². The van der Waals surface area contributed by atoms with Gasteiger partial charge in [-0.15, -0.1) is 0 Å². The van der Waals surface area contributed by atoms with Crippen molar-refractivity contribution in [1.29, 1.82) is 5.26 Å². The number of nitriles is 1. The van der Waals surface area contributed by atoms with E-state index >= 15 is 0 Å². The summed E-state index contributed by atoms with van der Waals surface area (Å²) in [5, 5.41) is 8.57. The smallest absolute Gasteiger partial charge is 0.140 e. The predicted octanol–water partition coefficient (Wildman–Crippen LogP) is 2.30. The largest absolute Gasteiger partial charge is 0.246 e. The van der Waals surface area contributed by atoms with Gasteiger partial charge in [-0.25, -0.2) is 4.98 Å².